The number of halogens is 1. The summed E-state index contributed by atoms with van der Waals surface area (Å²) in [6.45, 7) is 3.59. The van der Waals surface area contributed by atoms with Crippen molar-refractivity contribution in [2.24, 2.45) is 0 Å². The number of aliphatic carboxylic acids is 1. The summed E-state index contributed by atoms with van der Waals surface area (Å²) in [7, 11) is 0. The van der Waals surface area contributed by atoms with Gasteiger partial charge in [0.1, 0.15) is 12.3 Å². The molecule has 0 saturated heterocycles. The van der Waals surface area contributed by atoms with E-state index in [1.807, 2.05) is 12.1 Å². The normalized spacial score (nSPS) is 9.85. The molecule has 1 N–H and O–H groups in total. The Balaban J connectivity index is 2.42. The van der Waals surface area contributed by atoms with Crippen LogP contribution in [0.15, 0.2) is 41.4 Å². The smallest absolute Gasteiger partial charge is 0.323 e. The van der Waals surface area contributed by atoms with Gasteiger partial charge in [-0.25, -0.2) is 0 Å². The summed E-state index contributed by atoms with van der Waals surface area (Å²) >= 11 is 3.31. The Morgan fingerprint density at radius 1 is 1.35 bits per heavy atom. The Hall–Kier alpha value is -1.82. The Bertz CT molecular complexity index is 473. The zero-order chi connectivity index (χ0) is 15.0. The number of carbonyl (C=O) groups excluding carboxylic acids is 1. The maximum absolute atomic E-state index is 11.8. The van der Waals surface area contributed by atoms with Gasteiger partial charge in [0.05, 0.1) is 13.0 Å². The van der Waals surface area contributed by atoms with E-state index >= 15 is 0 Å². The van der Waals surface area contributed by atoms with E-state index < -0.39 is 5.97 Å². The van der Waals surface area contributed by atoms with Crippen LogP contribution in [0.25, 0.3) is 0 Å². The highest BCUT2D eigenvalue weighted by Crippen LogP contribution is 2.16. The van der Waals surface area contributed by atoms with Crippen LogP contribution in [0.1, 0.15) is 6.42 Å². The number of hydrogen-bond acceptors (Lipinski definition) is 3. The molecule has 108 valence electrons. The van der Waals surface area contributed by atoms with Crippen molar-refractivity contribution in [3.8, 4) is 5.75 Å². The van der Waals surface area contributed by atoms with Gasteiger partial charge in [0, 0.05) is 11.0 Å². The van der Waals surface area contributed by atoms with Crippen molar-refractivity contribution in [1.29, 1.82) is 0 Å². The van der Waals surface area contributed by atoms with E-state index in [1.54, 1.807) is 12.1 Å². The number of carboxylic acids is 1. The number of amides is 1. The van der Waals surface area contributed by atoms with Gasteiger partial charge >= 0.3 is 5.97 Å². The first-order valence-electron chi connectivity index (χ1n) is 6.01. The van der Waals surface area contributed by atoms with Crippen LogP contribution in [0.5, 0.6) is 5.75 Å². The predicted octanol–water partition coefficient (Wildman–Crippen LogP) is 2.32. The van der Waals surface area contributed by atoms with Crippen LogP contribution in [-0.4, -0.2) is 41.6 Å². The average Bonchev–Trinajstić information content (AvgIpc) is 2.40. The lowest BCUT2D eigenvalue weighted by atomic mass is 10.3. The maximum Gasteiger partial charge on any atom is 0.323 e. The molecule has 0 unspecified atom stereocenters. The number of carboxylic acid groups (broad SMARTS) is 1. The van der Waals surface area contributed by atoms with E-state index in [0.717, 1.165) is 4.47 Å². The van der Waals surface area contributed by atoms with Crippen molar-refractivity contribution in [2.75, 3.05) is 19.7 Å². The summed E-state index contributed by atoms with van der Waals surface area (Å²) < 4.78 is 6.37. The van der Waals surface area contributed by atoms with Gasteiger partial charge in [-0.05, 0) is 24.3 Å². The second-order valence-electron chi connectivity index (χ2n) is 4.01. The first kappa shape index (κ1) is 16.2. The van der Waals surface area contributed by atoms with Gasteiger partial charge in [-0.2, -0.15) is 0 Å². The van der Waals surface area contributed by atoms with Crippen molar-refractivity contribution in [2.45, 2.75) is 6.42 Å². The minimum atomic E-state index is -1.05. The fourth-order valence-electron chi connectivity index (χ4n) is 1.52. The molecule has 0 saturated carbocycles. The van der Waals surface area contributed by atoms with Crippen LogP contribution in [0, 0.1) is 0 Å². The molecule has 0 spiro atoms. The highest BCUT2D eigenvalue weighted by Gasteiger charge is 2.15. The topological polar surface area (TPSA) is 66.8 Å². The molecular formula is C14H16BrNO4. The zero-order valence-electron chi connectivity index (χ0n) is 10.9. The second kappa shape index (κ2) is 8.37. The number of rotatable bonds is 8. The van der Waals surface area contributed by atoms with Gasteiger partial charge in [0.2, 0.25) is 5.91 Å². The van der Waals surface area contributed by atoms with Crippen LogP contribution < -0.4 is 4.74 Å². The molecule has 0 aliphatic heterocycles. The van der Waals surface area contributed by atoms with E-state index in [0.29, 0.717) is 5.75 Å². The number of carbonyl (C=O) groups is 2. The third-order valence-electron chi connectivity index (χ3n) is 2.43. The van der Waals surface area contributed by atoms with E-state index in [-0.39, 0.29) is 32.0 Å². The molecule has 1 rings (SSSR count). The standard InChI is InChI=1S/C14H16BrNO4/c1-2-8-16(10-14(18)19)13(17)7-9-20-12-5-3-11(15)4-6-12/h2-6H,1,7-10H2,(H,18,19). The Labute approximate surface area is 126 Å². The fraction of sp³-hybridized carbons (Fsp3) is 0.286. The molecular weight excluding hydrogens is 326 g/mol. The third kappa shape index (κ3) is 5.88. The third-order valence-corrected chi connectivity index (χ3v) is 2.96. The molecule has 5 nitrogen and oxygen atoms in total. The lowest BCUT2D eigenvalue weighted by Gasteiger charge is -2.18. The van der Waals surface area contributed by atoms with Crippen molar-refractivity contribution in [3.63, 3.8) is 0 Å². The molecule has 20 heavy (non-hydrogen) atoms. The van der Waals surface area contributed by atoms with Gasteiger partial charge in [-0.15, -0.1) is 6.58 Å². The molecule has 0 aliphatic rings. The number of benzene rings is 1. The highest BCUT2D eigenvalue weighted by atomic mass is 79.9. The number of ether oxygens (including phenoxy) is 1. The summed E-state index contributed by atoms with van der Waals surface area (Å²) in [6.07, 6.45) is 1.62. The number of hydrogen-bond donors (Lipinski definition) is 1. The van der Waals surface area contributed by atoms with Crippen molar-refractivity contribution in [1.82, 2.24) is 4.90 Å². The van der Waals surface area contributed by atoms with Crippen molar-refractivity contribution < 1.29 is 19.4 Å². The largest absolute Gasteiger partial charge is 0.493 e. The second-order valence-corrected chi connectivity index (χ2v) is 4.92. The molecule has 0 atom stereocenters. The summed E-state index contributed by atoms with van der Waals surface area (Å²) in [5, 5.41) is 8.72. The zero-order valence-corrected chi connectivity index (χ0v) is 12.5. The van der Waals surface area contributed by atoms with Gasteiger partial charge in [-0.3, -0.25) is 9.59 Å². The SMILES string of the molecule is C=CCN(CC(=O)O)C(=O)CCOc1ccc(Br)cc1. The van der Waals surface area contributed by atoms with E-state index in [4.69, 9.17) is 9.84 Å². The quantitative estimate of drug-likeness (QED) is 0.737. The molecule has 0 bridgehead atoms. The molecule has 0 radical (unpaired) electrons. The molecule has 0 heterocycles. The number of nitrogens with zero attached hydrogens (tertiary/aromatic N) is 1. The van der Waals surface area contributed by atoms with Gasteiger partial charge in [-0.1, -0.05) is 22.0 Å². The summed E-state index contributed by atoms with van der Waals surface area (Å²) in [4.78, 5) is 23.7. The highest BCUT2D eigenvalue weighted by molar-refractivity contribution is 9.10. The van der Waals surface area contributed by atoms with Gasteiger partial charge in [0.25, 0.3) is 0 Å². The fourth-order valence-corrected chi connectivity index (χ4v) is 1.78. The Morgan fingerprint density at radius 2 is 2.00 bits per heavy atom. The minimum Gasteiger partial charge on any atom is -0.493 e. The van der Waals surface area contributed by atoms with E-state index in [1.165, 1.54) is 11.0 Å². The van der Waals surface area contributed by atoms with Gasteiger partial charge in [0.15, 0.2) is 0 Å². The van der Waals surface area contributed by atoms with Crippen molar-refractivity contribution >= 4 is 27.8 Å². The molecule has 0 aliphatic carbocycles. The van der Waals surface area contributed by atoms with Crippen LogP contribution in [0.4, 0.5) is 0 Å². The van der Waals surface area contributed by atoms with Crippen LogP contribution >= 0.6 is 15.9 Å². The lowest BCUT2D eigenvalue weighted by molar-refractivity contribution is -0.144. The molecule has 1 aromatic rings. The summed E-state index contributed by atoms with van der Waals surface area (Å²) in [5.74, 6) is -0.659. The molecule has 0 aromatic heterocycles. The van der Waals surface area contributed by atoms with Crippen LogP contribution in [0.2, 0.25) is 0 Å². The average molecular weight is 342 g/mol. The summed E-state index contributed by atoms with van der Waals surface area (Å²) in [6, 6.07) is 7.25. The van der Waals surface area contributed by atoms with Crippen molar-refractivity contribution in [3.05, 3.63) is 41.4 Å². The predicted molar refractivity (Wildman–Crippen MR) is 78.7 cm³/mol. The molecule has 6 heteroatoms. The van der Waals surface area contributed by atoms with E-state index in [2.05, 4.69) is 22.5 Å². The first-order chi connectivity index (χ1) is 9.52. The Morgan fingerprint density at radius 3 is 2.55 bits per heavy atom. The maximum atomic E-state index is 11.8. The lowest BCUT2D eigenvalue weighted by Crippen LogP contribution is -2.36. The summed E-state index contributed by atoms with van der Waals surface area (Å²) in [5.41, 5.74) is 0. The van der Waals surface area contributed by atoms with Gasteiger partial charge < -0.3 is 14.7 Å². The molecule has 1 aromatic carbocycles. The minimum absolute atomic E-state index is 0.122. The first-order valence-corrected chi connectivity index (χ1v) is 6.81. The van der Waals surface area contributed by atoms with Crippen LogP contribution in [0.3, 0.4) is 0 Å². The van der Waals surface area contributed by atoms with E-state index in [9.17, 15) is 9.59 Å². The molecule has 0 fully saturated rings. The monoisotopic (exact) mass is 341 g/mol. The van der Waals surface area contributed by atoms with Crippen LogP contribution in [-0.2, 0) is 9.59 Å². The Kier molecular flexibility index (Phi) is 6.79. The molecule has 1 amide bonds.